The predicted octanol–water partition coefficient (Wildman–Crippen LogP) is 6.02. The van der Waals surface area contributed by atoms with Gasteiger partial charge in [-0.3, -0.25) is 0 Å². The van der Waals surface area contributed by atoms with E-state index in [9.17, 15) is 5.11 Å². The lowest BCUT2D eigenvalue weighted by atomic mass is 9.69. The fourth-order valence-electron chi connectivity index (χ4n) is 5.66. The number of hydrogen-bond donors (Lipinski definition) is 2. The molecule has 32 heavy (non-hydrogen) atoms. The van der Waals surface area contributed by atoms with Gasteiger partial charge in [-0.1, -0.05) is 48.5 Å². The summed E-state index contributed by atoms with van der Waals surface area (Å²) in [5.74, 6) is 2.64. The molecule has 166 valence electrons. The first-order valence-corrected chi connectivity index (χ1v) is 12.0. The van der Waals surface area contributed by atoms with E-state index >= 15 is 0 Å². The Morgan fingerprint density at radius 2 is 1.62 bits per heavy atom. The van der Waals surface area contributed by atoms with Crippen LogP contribution in [0.5, 0.6) is 11.5 Å². The zero-order valence-electron chi connectivity index (χ0n) is 18.8. The maximum atomic E-state index is 10.0. The molecule has 0 radical (unpaired) electrons. The smallest absolute Gasteiger partial charge is 0.119 e. The van der Waals surface area contributed by atoms with E-state index in [1.54, 1.807) is 0 Å². The Balaban J connectivity index is 1.42. The van der Waals surface area contributed by atoms with Crippen LogP contribution in [0.2, 0.25) is 0 Å². The molecule has 0 spiro atoms. The molecule has 3 aromatic rings. The molecule has 1 heterocycles. The van der Waals surface area contributed by atoms with Gasteiger partial charge in [0.2, 0.25) is 0 Å². The highest BCUT2D eigenvalue weighted by atomic mass is 16.5. The van der Waals surface area contributed by atoms with Crippen LogP contribution in [0.1, 0.15) is 60.3 Å². The van der Waals surface area contributed by atoms with Crippen LogP contribution in [0.3, 0.4) is 0 Å². The number of ether oxygens (including phenoxy) is 1. The van der Waals surface area contributed by atoms with Crippen molar-refractivity contribution in [2.45, 2.75) is 50.5 Å². The van der Waals surface area contributed by atoms with Crippen molar-refractivity contribution in [3.05, 3.63) is 95.1 Å². The van der Waals surface area contributed by atoms with Crippen molar-refractivity contribution in [2.75, 3.05) is 13.1 Å². The summed E-state index contributed by atoms with van der Waals surface area (Å²) < 4.78 is 6.33. The Labute approximate surface area is 191 Å². The summed E-state index contributed by atoms with van der Waals surface area (Å²) in [7, 11) is 0. The molecule has 3 nitrogen and oxygen atoms in total. The van der Waals surface area contributed by atoms with Gasteiger partial charge in [0, 0.05) is 5.92 Å². The second kappa shape index (κ2) is 9.38. The highest BCUT2D eigenvalue weighted by Gasteiger charge is 2.32. The summed E-state index contributed by atoms with van der Waals surface area (Å²) in [6, 6.07) is 25.5. The molecule has 5 rings (SSSR count). The van der Waals surface area contributed by atoms with Crippen LogP contribution < -0.4 is 10.1 Å². The van der Waals surface area contributed by atoms with Gasteiger partial charge in [0.05, 0.1) is 6.10 Å². The average Bonchev–Trinajstić information content (AvgIpc) is 2.85. The average molecular weight is 428 g/mol. The van der Waals surface area contributed by atoms with Crippen LogP contribution in [0.15, 0.2) is 72.8 Å². The first-order valence-electron chi connectivity index (χ1n) is 12.0. The molecular weight excluding hydrogens is 394 g/mol. The summed E-state index contributed by atoms with van der Waals surface area (Å²) in [5.41, 5.74) is 5.30. The van der Waals surface area contributed by atoms with Crippen LogP contribution in [0, 0.1) is 5.92 Å². The van der Waals surface area contributed by atoms with Crippen LogP contribution in [-0.2, 0) is 6.42 Å². The van der Waals surface area contributed by atoms with E-state index < -0.39 is 0 Å². The number of piperidine rings is 1. The summed E-state index contributed by atoms with van der Waals surface area (Å²) >= 11 is 0. The van der Waals surface area contributed by atoms with Gasteiger partial charge in [-0.25, -0.2) is 0 Å². The van der Waals surface area contributed by atoms with E-state index in [1.165, 1.54) is 35.1 Å². The highest BCUT2D eigenvalue weighted by Crippen LogP contribution is 2.47. The van der Waals surface area contributed by atoms with Gasteiger partial charge in [-0.2, -0.15) is 0 Å². The quantitative estimate of drug-likeness (QED) is 0.523. The van der Waals surface area contributed by atoms with Crippen molar-refractivity contribution in [1.82, 2.24) is 5.32 Å². The predicted molar refractivity (Wildman–Crippen MR) is 130 cm³/mol. The number of phenols is 1. The summed E-state index contributed by atoms with van der Waals surface area (Å²) in [6.45, 7) is 4.39. The molecule has 1 fully saturated rings. The van der Waals surface area contributed by atoms with Gasteiger partial charge >= 0.3 is 0 Å². The molecule has 0 bridgehead atoms. The molecule has 1 unspecified atom stereocenters. The molecule has 0 aromatic heterocycles. The van der Waals surface area contributed by atoms with Gasteiger partial charge in [0.1, 0.15) is 11.5 Å². The van der Waals surface area contributed by atoms with E-state index in [4.69, 9.17) is 4.74 Å². The third-order valence-corrected chi connectivity index (χ3v) is 7.43. The number of fused-ring (bicyclic) bond motifs is 1. The van der Waals surface area contributed by atoms with Gasteiger partial charge in [0.15, 0.2) is 0 Å². The lowest BCUT2D eigenvalue weighted by Crippen LogP contribution is -2.35. The summed E-state index contributed by atoms with van der Waals surface area (Å²) in [4.78, 5) is 0. The minimum atomic E-state index is 0.235. The molecule has 3 aromatic carbocycles. The first-order chi connectivity index (χ1) is 15.7. The first kappa shape index (κ1) is 21.1. The van der Waals surface area contributed by atoms with E-state index in [0.29, 0.717) is 17.6 Å². The molecule has 1 aliphatic carbocycles. The number of aromatic hydroxyl groups is 1. The van der Waals surface area contributed by atoms with Gasteiger partial charge in [0.25, 0.3) is 0 Å². The SMILES string of the molecule is CC(Oc1ccc([C@@H]2c3ccc(O)cc3CC[C@@H]2c2ccccc2)cc1)C1CCNCC1. The lowest BCUT2D eigenvalue weighted by Gasteiger charge is -2.35. The van der Waals surface area contributed by atoms with E-state index in [-0.39, 0.29) is 12.0 Å². The molecule has 2 aliphatic rings. The van der Waals surface area contributed by atoms with Crippen molar-refractivity contribution in [1.29, 1.82) is 0 Å². The molecule has 0 saturated carbocycles. The molecule has 1 saturated heterocycles. The second-order valence-corrected chi connectivity index (χ2v) is 9.40. The number of aryl methyl sites for hydroxylation is 1. The number of benzene rings is 3. The maximum absolute atomic E-state index is 10.0. The molecule has 3 heteroatoms. The number of nitrogens with one attached hydrogen (secondary N) is 1. The number of hydrogen-bond acceptors (Lipinski definition) is 3. The molecule has 3 atom stereocenters. The normalized spacial score (nSPS) is 22.2. The zero-order valence-corrected chi connectivity index (χ0v) is 18.8. The van der Waals surface area contributed by atoms with Gasteiger partial charge < -0.3 is 15.2 Å². The third kappa shape index (κ3) is 4.40. The van der Waals surface area contributed by atoms with E-state index in [1.807, 2.05) is 12.1 Å². The largest absolute Gasteiger partial charge is 0.508 e. The summed E-state index contributed by atoms with van der Waals surface area (Å²) in [5, 5.41) is 13.5. The maximum Gasteiger partial charge on any atom is 0.119 e. The summed E-state index contributed by atoms with van der Waals surface area (Å²) in [6.07, 6.45) is 4.68. The van der Waals surface area contributed by atoms with E-state index in [0.717, 1.165) is 31.7 Å². The molecule has 2 N–H and O–H groups in total. The molecule has 1 aliphatic heterocycles. The lowest BCUT2D eigenvalue weighted by molar-refractivity contribution is 0.128. The topological polar surface area (TPSA) is 41.5 Å². The van der Waals surface area contributed by atoms with Crippen molar-refractivity contribution in [3.8, 4) is 11.5 Å². The van der Waals surface area contributed by atoms with Crippen LogP contribution in [-0.4, -0.2) is 24.3 Å². The number of rotatable bonds is 5. The van der Waals surface area contributed by atoms with Gasteiger partial charge in [-0.05, 0) is 104 Å². The van der Waals surface area contributed by atoms with Crippen molar-refractivity contribution in [2.24, 2.45) is 5.92 Å². The van der Waals surface area contributed by atoms with Crippen LogP contribution in [0.25, 0.3) is 0 Å². The molecule has 0 amide bonds. The Bertz CT molecular complexity index is 1020. The Morgan fingerprint density at radius 3 is 2.38 bits per heavy atom. The van der Waals surface area contributed by atoms with Crippen LogP contribution in [0.4, 0.5) is 0 Å². The minimum Gasteiger partial charge on any atom is -0.508 e. The fraction of sp³-hybridized carbons (Fsp3) is 0.379. The monoisotopic (exact) mass is 427 g/mol. The minimum absolute atomic E-state index is 0.235. The fourth-order valence-corrected chi connectivity index (χ4v) is 5.66. The zero-order chi connectivity index (χ0) is 21.9. The van der Waals surface area contributed by atoms with Crippen molar-refractivity contribution >= 4 is 0 Å². The third-order valence-electron chi connectivity index (χ3n) is 7.43. The Hall–Kier alpha value is -2.78. The van der Waals surface area contributed by atoms with Crippen LogP contribution >= 0.6 is 0 Å². The highest BCUT2D eigenvalue weighted by molar-refractivity contribution is 5.48. The Morgan fingerprint density at radius 1 is 0.875 bits per heavy atom. The van der Waals surface area contributed by atoms with Crippen molar-refractivity contribution < 1.29 is 9.84 Å². The van der Waals surface area contributed by atoms with E-state index in [2.05, 4.69) is 72.9 Å². The Kier molecular flexibility index (Phi) is 6.18. The standard InChI is InChI=1S/C29H33NO2/c1-20(21-15-17-30-18-16-21)32-26-11-7-23(8-12-26)29-27(22-5-3-2-4-6-22)13-9-24-19-25(31)10-14-28(24)29/h2-8,10-12,14,19-21,27,29-31H,9,13,15-18H2,1H3/t20?,27-,29+/m1/s1. The van der Waals surface area contributed by atoms with Gasteiger partial charge in [-0.15, -0.1) is 0 Å². The van der Waals surface area contributed by atoms with Crippen molar-refractivity contribution in [3.63, 3.8) is 0 Å². The number of phenolic OH excluding ortho intramolecular Hbond substituents is 1. The molecular formula is C29H33NO2. The second-order valence-electron chi connectivity index (χ2n) is 9.40.